The molecule has 1 fully saturated rings. The first-order chi connectivity index (χ1) is 10.2. The van der Waals surface area contributed by atoms with Gasteiger partial charge in [0.05, 0.1) is 5.52 Å². The Labute approximate surface area is 124 Å². The molecular weight excluding hydrogens is 262 g/mol. The van der Waals surface area contributed by atoms with E-state index in [0.29, 0.717) is 0 Å². The van der Waals surface area contributed by atoms with E-state index in [9.17, 15) is 4.79 Å². The molecular formula is C17H19N3O. The van der Waals surface area contributed by atoms with Crippen molar-refractivity contribution in [2.75, 3.05) is 18.4 Å². The van der Waals surface area contributed by atoms with Gasteiger partial charge in [-0.05, 0) is 43.2 Å². The summed E-state index contributed by atoms with van der Waals surface area (Å²) in [5.74, 6) is 0.00922. The summed E-state index contributed by atoms with van der Waals surface area (Å²) in [5, 5.41) is 4.64. The molecule has 1 aliphatic rings. The van der Waals surface area contributed by atoms with Crippen molar-refractivity contribution >= 4 is 22.5 Å². The molecule has 0 saturated carbocycles. The predicted molar refractivity (Wildman–Crippen MR) is 85.3 cm³/mol. The average Bonchev–Trinajstić information content (AvgIpc) is 2.95. The molecule has 1 unspecified atom stereocenters. The molecule has 1 N–H and O–H groups in total. The normalized spacial score (nSPS) is 18.0. The summed E-state index contributed by atoms with van der Waals surface area (Å²) in [6.45, 7) is 7.09. The second-order valence-corrected chi connectivity index (χ2v) is 5.54. The molecule has 0 bridgehead atoms. The van der Waals surface area contributed by atoms with E-state index < -0.39 is 0 Å². The smallest absolute Gasteiger partial charge is 0.246 e. The van der Waals surface area contributed by atoms with Gasteiger partial charge >= 0.3 is 0 Å². The number of nitrogens with zero attached hydrogens (tertiary/aromatic N) is 2. The topological polar surface area (TPSA) is 45.2 Å². The lowest BCUT2D eigenvalue weighted by atomic mass is 10.1. The van der Waals surface area contributed by atoms with Crippen LogP contribution < -0.4 is 5.32 Å². The van der Waals surface area contributed by atoms with Crippen LogP contribution in [0.4, 0.5) is 5.69 Å². The summed E-state index contributed by atoms with van der Waals surface area (Å²) < 4.78 is 0. The second kappa shape index (κ2) is 5.56. The van der Waals surface area contributed by atoms with Gasteiger partial charge in [-0.1, -0.05) is 12.6 Å². The van der Waals surface area contributed by atoms with Crippen LogP contribution in [0, 0.1) is 6.92 Å². The number of likely N-dealkylation sites (tertiary alicyclic amines) is 1. The maximum Gasteiger partial charge on any atom is 0.246 e. The number of hydrogen-bond donors (Lipinski definition) is 1. The van der Waals surface area contributed by atoms with Gasteiger partial charge in [0.25, 0.3) is 0 Å². The highest BCUT2D eigenvalue weighted by molar-refractivity contribution is 5.87. The van der Waals surface area contributed by atoms with Gasteiger partial charge < -0.3 is 10.2 Å². The van der Waals surface area contributed by atoms with Crippen LogP contribution in [0.5, 0.6) is 0 Å². The quantitative estimate of drug-likeness (QED) is 0.880. The minimum absolute atomic E-state index is 0.00922. The molecule has 2 heterocycles. The van der Waals surface area contributed by atoms with Crippen molar-refractivity contribution in [3.8, 4) is 0 Å². The van der Waals surface area contributed by atoms with E-state index in [-0.39, 0.29) is 11.9 Å². The van der Waals surface area contributed by atoms with Crippen molar-refractivity contribution in [3.05, 3.63) is 48.7 Å². The Hall–Kier alpha value is -2.36. The van der Waals surface area contributed by atoms with E-state index in [1.165, 1.54) is 6.08 Å². The van der Waals surface area contributed by atoms with Gasteiger partial charge in [-0.2, -0.15) is 0 Å². The number of amides is 1. The van der Waals surface area contributed by atoms with Crippen LogP contribution >= 0.6 is 0 Å². The number of rotatable bonds is 3. The highest BCUT2D eigenvalue weighted by atomic mass is 16.2. The molecule has 1 aromatic carbocycles. The SMILES string of the molecule is C=CC(=O)N1CCC(Nc2ccc3cc(C)cnc3c2)C1. The predicted octanol–water partition coefficient (Wildman–Crippen LogP) is 2.74. The first kappa shape index (κ1) is 13.6. The third kappa shape index (κ3) is 2.89. The third-order valence-corrected chi connectivity index (χ3v) is 3.87. The molecule has 1 aromatic heterocycles. The van der Waals surface area contributed by atoms with Gasteiger partial charge in [0, 0.05) is 36.4 Å². The lowest BCUT2D eigenvalue weighted by molar-refractivity contribution is -0.125. The van der Waals surface area contributed by atoms with Gasteiger partial charge in [0.2, 0.25) is 5.91 Å². The van der Waals surface area contributed by atoms with E-state index >= 15 is 0 Å². The maximum atomic E-state index is 11.6. The number of carbonyl (C=O) groups is 1. The molecule has 0 radical (unpaired) electrons. The van der Waals surface area contributed by atoms with Crippen molar-refractivity contribution in [1.29, 1.82) is 0 Å². The van der Waals surface area contributed by atoms with Crippen molar-refractivity contribution in [3.63, 3.8) is 0 Å². The zero-order chi connectivity index (χ0) is 14.8. The van der Waals surface area contributed by atoms with E-state index in [1.807, 2.05) is 18.0 Å². The molecule has 3 rings (SSSR count). The number of carbonyl (C=O) groups excluding carboxylic acids is 1. The maximum absolute atomic E-state index is 11.6. The van der Waals surface area contributed by atoms with Crippen LogP contribution in [-0.4, -0.2) is 34.9 Å². The average molecular weight is 281 g/mol. The molecule has 0 aliphatic carbocycles. The summed E-state index contributed by atoms with van der Waals surface area (Å²) in [6, 6.07) is 8.64. The highest BCUT2D eigenvalue weighted by Crippen LogP contribution is 2.21. The minimum Gasteiger partial charge on any atom is -0.380 e. The summed E-state index contributed by atoms with van der Waals surface area (Å²) in [7, 11) is 0. The first-order valence-corrected chi connectivity index (χ1v) is 7.20. The summed E-state index contributed by atoms with van der Waals surface area (Å²) >= 11 is 0. The number of nitrogens with one attached hydrogen (secondary N) is 1. The van der Waals surface area contributed by atoms with Gasteiger partial charge in [-0.25, -0.2) is 0 Å². The molecule has 1 atom stereocenters. The Morgan fingerprint density at radius 1 is 1.48 bits per heavy atom. The molecule has 1 saturated heterocycles. The lowest BCUT2D eigenvalue weighted by Crippen LogP contribution is -2.30. The molecule has 4 heteroatoms. The summed E-state index contributed by atoms with van der Waals surface area (Å²) in [4.78, 5) is 17.9. The fraction of sp³-hybridized carbons (Fsp3) is 0.294. The molecule has 108 valence electrons. The van der Waals surface area contributed by atoms with Crippen LogP contribution in [0.15, 0.2) is 43.1 Å². The molecule has 0 spiro atoms. The van der Waals surface area contributed by atoms with Crippen molar-refractivity contribution < 1.29 is 4.79 Å². The fourth-order valence-corrected chi connectivity index (χ4v) is 2.76. The number of anilines is 1. The van der Waals surface area contributed by atoms with E-state index in [2.05, 4.69) is 41.1 Å². The molecule has 2 aromatic rings. The van der Waals surface area contributed by atoms with E-state index in [1.54, 1.807) is 0 Å². The number of aryl methyl sites for hydroxylation is 1. The Morgan fingerprint density at radius 3 is 3.14 bits per heavy atom. The Morgan fingerprint density at radius 2 is 2.33 bits per heavy atom. The number of pyridine rings is 1. The van der Waals surface area contributed by atoms with Crippen molar-refractivity contribution in [2.45, 2.75) is 19.4 Å². The molecule has 4 nitrogen and oxygen atoms in total. The highest BCUT2D eigenvalue weighted by Gasteiger charge is 2.24. The van der Waals surface area contributed by atoms with Crippen LogP contribution in [-0.2, 0) is 4.79 Å². The van der Waals surface area contributed by atoms with Gasteiger partial charge in [0.15, 0.2) is 0 Å². The van der Waals surface area contributed by atoms with Crippen LogP contribution in [0.3, 0.4) is 0 Å². The number of hydrogen-bond acceptors (Lipinski definition) is 3. The van der Waals surface area contributed by atoms with Gasteiger partial charge in [-0.3, -0.25) is 9.78 Å². The monoisotopic (exact) mass is 281 g/mol. The lowest BCUT2D eigenvalue weighted by Gasteiger charge is -2.16. The van der Waals surface area contributed by atoms with Crippen molar-refractivity contribution in [1.82, 2.24) is 9.88 Å². The van der Waals surface area contributed by atoms with Crippen LogP contribution in [0.2, 0.25) is 0 Å². The third-order valence-electron chi connectivity index (χ3n) is 3.87. The molecule has 1 aliphatic heterocycles. The zero-order valence-corrected chi connectivity index (χ0v) is 12.2. The Kier molecular flexibility index (Phi) is 3.60. The van der Waals surface area contributed by atoms with Crippen LogP contribution in [0.1, 0.15) is 12.0 Å². The Balaban J connectivity index is 1.72. The van der Waals surface area contributed by atoms with E-state index in [4.69, 9.17) is 0 Å². The largest absolute Gasteiger partial charge is 0.380 e. The van der Waals surface area contributed by atoms with Gasteiger partial charge in [0.1, 0.15) is 0 Å². The zero-order valence-electron chi connectivity index (χ0n) is 12.2. The number of benzene rings is 1. The fourth-order valence-electron chi connectivity index (χ4n) is 2.76. The standard InChI is InChI=1S/C17H19N3O/c1-3-17(21)20-7-6-15(11-20)19-14-5-4-13-8-12(2)10-18-16(13)9-14/h3-5,8-10,15,19H,1,6-7,11H2,2H3. The van der Waals surface area contributed by atoms with Crippen LogP contribution in [0.25, 0.3) is 10.9 Å². The summed E-state index contributed by atoms with van der Waals surface area (Å²) in [5.41, 5.74) is 3.21. The van der Waals surface area contributed by atoms with Crippen molar-refractivity contribution in [2.24, 2.45) is 0 Å². The van der Waals surface area contributed by atoms with Gasteiger partial charge in [-0.15, -0.1) is 0 Å². The summed E-state index contributed by atoms with van der Waals surface area (Å²) in [6.07, 6.45) is 4.22. The Bertz CT molecular complexity index is 695. The molecule has 21 heavy (non-hydrogen) atoms. The first-order valence-electron chi connectivity index (χ1n) is 7.20. The number of fused-ring (bicyclic) bond motifs is 1. The molecule has 1 amide bonds. The number of aromatic nitrogens is 1. The minimum atomic E-state index is 0.00922. The van der Waals surface area contributed by atoms with E-state index in [0.717, 1.165) is 41.7 Å². The second-order valence-electron chi connectivity index (χ2n) is 5.54.